The molecule has 0 radical (unpaired) electrons. The van der Waals surface area contributed by atoms with E-state index in [0.717, 1.165) is 18.5 Å². The number of hydrogen-bond acceptors (Lipinski definition) is 7. The normalized spacial score (nSPS) is 10.4. The molecule has 0 bridgehead atoms. The molecule has 2 heterocycles. The van der Waals surface area contributed by atoms with E-state index >= 15 is 0 Å². The number of rotatable bonds is 6. The Balaban J connectivity index is 2.08. The van der Waals surface area contributed by atoms with Gasteiger partial charge in [-0.3, -0.25) is 4.79 Å². The van der Waals surface area contributed by atoms with Gasteiger partial charge >= 0.3 is 0 Å². The van der Waals surface area contributed by atoms with Crippen LogP contribution in [-0.2, 0) is 13.0 Å². The summed E-state index contributed by atoms with van der Waals surface area (Å²) >= 11 is 0. The number of nitrogens with two attached hydrogens (primary N) is 1. The highest BCUT2D eigenvalue weighted by Crippen LogP contribution is 2.11. The van der Waals surface area contributed by atoms with Gasteiger partial charge in [-0.25, -0.2) is 10.8 Å². The maximum Gasteiger partial charge on any atom is 0.251 e. The minimum Gasteiger partial charge on any atom is -0.345 e. The summed E-state index contributed by atoms with van der Waals surface area (Å²) < 4.78 is 4.84. The van der Waals surface area contributed by atoms with Crippen molar-refractivity contribution in [2.24, 2.45) is 5.84 Å². The van der Waals surface area contributed by atoms with Crippen molar-refractivity contribution in [3.05, 3.63) is 35.1 Å². The first-order valence-corrected chi connectivity index (χ1v) is 6.67. The van der Waals surface area contributed by atoms with Gasteiger partial charge in [0.25, 0.3) is 5.91 Å². The van der Waals surface area contributed by atoms with Crippen molar-refractivity contribution < 1.29 is 9.32 Å². The number of aryl methyl sites for hydroxylation is 2. The van der Waals surface area contributed by atoms with Crippen LogP contribution in [0.5, 0.6) is 0 Å². The van der Waals surface area contributed by atoms with E-state index in [1.807, 2.05) is 6.92 Å². The monoisotopic (exact) mass is 290 g/mol. The molecule has 0 unspecified atom stereocenters. The number of anilines is 1. The molecule has 0 saturated heterocycles. The third-order valence-electron chi connectivity index (χ3n) is 2.77. The second-order valence-electron chi connectivity index (χ2n) is 4.54. The number of hydrazine groups is 1. The Hall–Kier alpha value is -2.48. The topological polar surface area (TPSA) is 119 Å². The molecule has 0 atom stereocenters. The molecule has 21 heavy (non-hydrogen) atoms. The summed E-state index contributed by atoms with van der Waals surface area (Å²) in [7, 11) is 0. The molecule has 4 N–H and O–H groups in total. The molecule has 0 aliphatic heterocycles. The maximum absolute atomic E-state index is 12.2. The van der Waals surface area contributed by atoms with E-state index in [1.165, 1.54) is 0 Å². The first-order chi connectivity index (χ1) is 10.1. The Kier molecular flexibility index (Phi) is 4.83. The Morgan fingerprint density at radius 2 is 2.19 bits per heavy atom. The second kappa shape index (κ2) is 6.80. The van der Waals surface area contributed by atoms with Crippen LogP contribution in [-0.4, -0.2) is 21.0 Å². The van der Waals surface area contributed by atoms with Crippen LogP contribution in [0.3, 0.4) is 0 Å². The van der Waals surface area contributed by atoms with Gasteiger partial charge in [0.1, 0.15) is 5.82 Å². The number of amides is 1. The summed E-state index contributed by atoms with van der Waals surface area (Å²) in [4.78, 5) is 20.5. The molecule has 2 aromatic rings. The zero-order valence-electron chi connectivity index (χ0n) is 12.0. The summed E-state index contributed by atoms with van der Waals surface area (Å²) in [6.45, 7) is 3.94. The van der Waals surface area contributed by atoms with Crippen LogP contribution < -0.4 is 16.6 Å². The molecule has 0 aliphatic rings. The van der Waals surface area contributed by atoms with E-state index in [0.29, 0.717) is 23.1 Å². The number of nitrogens with zero attached hydrogens (tertiary/aromatic N) is 3. The van der Waals surface area contributed by atoms with Crippen LogP contribution in [0.4, 0.5) is 5.82 Å². The molecule has 2 aromatic heterocycles. The second-order valence-corrected chi connectivity index (χ2v) is 4.54. The Morgan fingerprint density at radius 1 is 1.38 bits per heavy atom. The third-order valence-corrected chi connectivity index (χ3v) is 2.77. The number of nitrogen functional groups attached to an aromatic ring is 1. The van der Waals surface area contributed by atoms with Crippen molar-refractivity contribution in [2.45, 2.75) is 33.2 Å². The van der Waals surface area contributed by atoms with Gasteiger partial charge in [-0.1, -0.05) is 18.5 Å². The summed E-state index contributed by atoms with van der Waals surface area (Å²) in [6.07, 6.45) is 1.71. The van der Waals surface area contributed by atoms with Gasteiger partial charge in [-0.05, 0) is 18.6 Å². The lowest BCUT2D eigenvalue weighted by molar-refractivity contribution is 0.0949. The molecule has 112 valence electrons. The fourth-order valence-electron chi connectivity index (χ4n) is 1.85. The van der Waals surface area contributed by atoms with Crippen LogP contribution in [0.1, 0.15) is 41.1 Å². The molecular formula is C13H18N6O2. The summed E-state index contributed by atoms with van der Waals surface area (Å²) in [6, 6.07) is 3.34. The van der Waals surface area contributed by atoms with Crippen molar-refractivity contribution in [3.63, 3.8) is 0 Å². The predicted octanol–water partition coefficient (Wildman–Crippen LogP) is 0.941. The maximum atomic E-state index is 12.2. The minimum absolute atomic E-state index is 0.201. The number of carbonyl (C=O) groups excluding carboxylic acids is 1. The third kappa shape index (κ3) is 3.99. The van der Waals surface area contributed by atoms with Gasteiger partial charge in [0, 0.05) is 18.2 Å². The van der Waals surface area contributed by atoms with Gasteiger partial charge in [-0.2, -0.15) is 4.98 Å². The summed E-state index contributed by atoms with van der Waals surface area (Å²) in [5, 5.41) is 6.45. The Morgan fingerprint density at radius 3 is 2.81 bits per heavy atom. The smallest absolute Gasteiger partial charge is 0.251 e. The van der Waals surface area contributed by atoms with Crippen LogP contribution in [0.25, 0.3) is 0 Å². The van der Waals surface area contributed by atoms with Crippen LogP contribution in [0.15, 0.2) is 16.7 Å². The predicted molar refractivity (Wildman–Crippen MR) is 76.2 cm³/mol. The molecular weight excluding hydrogens is 272 g/mol. The first-order valence-electron chi connectivity index (χ1n) is 6.67. The van der Waals surface area contributed by atoms with E-state index < -0.39 is 0 Å². The lowest BCUT2D eigenvalue weighted by Gasteiger charge is -2.08. The largest absolute Gasteiger partial charge is 0.345 e. The number of nitrogens with one attached hydrogen (secondary N) is 2. The van der Waals surface area contributed by atoms with Crippen LogP contribution >= 0.6 is 0 Å². The Bertz CT molecular complexity index is 625. The molecule has 8 heteroatoms. The standard InChI is InChI=1S/C13H18N6O2/c1-3-4-10-5-9(6-11(17-10)18-14)13(20)15-7-12-16-8(2)21-19-12/h5-6H,3-4,7,14H2,1-2H3,(H,15,20)(H,17,18). The van der Waals surface area contributed by atoms with Gasteiger partial charge in [-0.15, -0.1) is 0 Å². The summed E-state index contributed by atoms with van der Waals surface area (Å²) in [5.74, 6) is 6.49. The van der Waals surface area contributed by atoms with Gasteiger partial charge in [0.2, 0.25) is 5.89 Å². The van der Waals surface area contributed by atoms with Crippen molar-refractivity contribution in [3.8, 4) is 0 Å². The van der Waals surface area contributed by atoms with Gasteiger partial charge in [0.05, 0.1) is 6.54 Å². The van der Waals surface area contributed by atoms with Gasteiger partial charge in [0.15, 0.2) is 5.82 Å². The minimum atomic E-state index is -0.242. The Labute approximate surface area is 122 Å². The molecule has 0 fully saturated rings. The molecule has 8 nitrogen and oxygen atoms in total. The van der Waals surface area contributed by atoms with E-state index in [-0.39, 0.29) is 12.5 Å². The number of carbonyl (C=O) groups is 1. The SMILES string of the molecule is CCCc1cc(C(=O)NCc2noc(C)n2)cc(NN)n1. The lowest BCUT2D eigenvalue weighted by Crippen LogP contribution is -2.24. The average molecular weight is 290 g/mol. The van der Waals surface area contributed by atoms with Crippen LogP contribution in [0, 0.1) is 6.92 Å². The van der Waals surface area contributed by atoms with E-state index in [2.05, 4.69) is 25.9 Å². The molecule has 1 amide bonds. The van der Waals surface area contributed by atoms with Crippen molar-refractivity contribution in [1.82, 2.24) is 20.4 Å². The van der Waals surface area contributed by atoms with Crippen molar-refractivity contribution >= 4 is 11.7 Å². The van der Waals surface area contributed by atoms with Crippen molar-refractivity contribution in [2.75, 3.05) is 5.43 Å². The van der Waals surface area contributed by atoms with Gasteiger partial charge < -0.3 is 15.3 Å². The zero-order chi connectivity index (χ0) is 15.2. The highest BCUT2D eigenvalue weighted by Gasteiger charge is 2.11. The zero-order valence-corrected chi connectivity index (χ0v) is 12.0. The van der Waals surface area contributed by atoms with E-state index in [9.17, 15) is 4.79 Å². The molecule has 0 aliphatic carbocycles. The molecule has 0 aromatic carbocycles. The number of pyridine rings is 1. The van der Waals surface area contributed by atoms with E-state index in [4.69, 9.17) is 10.4 Å². The molecule has 0 spiro atoms. The molecule has 0 saturated carbocycles. The number of hydrogen-bond donors (Lipinski definition) is 3. The summed E-state index contributed by atoms with van der Waals surface area (Å²) in [5.41, 5.74) is 3.77. The quantitative estimate of drug-likeness (QED) is 0.535. The van der Waals surface area contributed by atoms with E-state index in [1.54, 1.807) is 19.1 Å². The van der Waals surface area contributed by atoms with Crippen LogP contribution in [0.2, 0.25) is 0 Å². The highest BCUT2D eigenvalue weighted by molar-refractivity contribution is 5.94. The lowest BCUT2D eigenvalue weighted by atomic mass is 10.1. The highest BCUT2D eigenvalue weighted by atomic mass is 16.5. The van der Waals surface area contributed by atoms with Crippen molar-refractivity contribution in [1.29, 1.82) is 0 Å². The fourth-order valence-corrected chi connectivity index (χ4v) is 1.85. The number of aromatic nitrogens is 3. The average Bonchev–Trinajstić information content (AvgIpc) is 2.90. The molecule has 2 rings (SSSR count). The fraction of sp³-hybridized carbons (Fsp3) is 0.385. The first kappa shape index (κ1) is 14.9.